The van der Waals surface area contributed by atoms with E-state index in [0.29, 0.717) is 65.5 Å². The Morgan fingerprint density at radius 3 is 2.67 bits per heavy atom. The molecule has 0 unspecified atom stereocenters. The molecular formula is C33H38F2N8O3. The molecule has 242 valence electrons. The fourth-order valence-corrected chi connectivity index (χ4v) is 7.28. The maximum atomic E-state index is 14.7. The second kappa shape index (κ2) is 12.8. The lowest BCUT2D eigenvalue weighted by molar-refractivity contribution is -0.111. The highest BCUT2D eigenvalue weighted by Gasteiger charge is 2.41. The molecule has 0 saturated carbocycles. The van der Waals surface area contributed by atoms with Crippen molar-refractivity contribution in [1.82, 2.24) is 20.2 Å². The molecule has 2 aromatic carbocycles. The van der Waals surface area contributed by atoms with Crippen LogP contribution < -0.4 is 30.7 Å². The second-order valence-electron chi connectivity index (χ2n) is 12.2. The van der Waals surface area contributed by atoms with Crippen molar-refractivity contribution >= 4 is 34.6 Å². The molecule has 0 spiro atoms. The Labute approximate surface area is 266 Å². The number of hydrogen-bond donors (Lipinski definition) is 3. The van der Waals surface area contributed by atoms with Crippen molar-refractivity contribution < 1.29 is 23.1 Å². The Balaban J connectivity index is 1.12. The number of anilines is 5. The van der Waals surface area contributed by atoms with Crippen molar-refractivity contribution in [3.05, 3.63) is 72.6 Å². The molecule has 0 aliphatic carbocycles. The van der Waals surface area contributed by atoms with E-state index in [9.17, 15) is 13.6 Å². The van der Waals surface area contributed by atoms with Gasteiger partial charge in [0.2, 0.25) is 5.91 Å². The summed E-state index contributed by atoms with van der Waals surface area (Å²) in [6, 6.07) is 10.3. The number of nitrogens with one attached hydrogen (secondary N) is 3. The van der Waals surface area contributed by atoms with Crippen LogP contribution in [0.3, 0.4) is 0 Å². The first-order valence-corrected chi connectivity index (χ1v) is 15.8. The van der Waals surface area contributed by atoms with E-state index in [1.165, 1.54) is 36.0 Å². The summed E-state index contributed by atoms with van der Waals surface area (Å²) in [6.45, 7) is 7.91. The van der Waals surface area contributed by atoms with Crippen LogP contribution in [0.1, 0.15) is 37.3 Å². The van der Waals surface area contributed by atoms with Crippen molar-refractivity contribution in [2.24, 2.45) is 0 Å². The molecule has 1 amide bonds. The smallest absolute Gasteiger partial charge is 0.247 e. The molecule has 4 aliphatic heterocycles. The summed E-state index contributed by atoms with van der Waals surface area (Å²) < 4.78 is 34.0. The highest BCUT2D eigenvalue weighted by molar-refractivity contribution is 6.02. The Morgan fingerprint density at radius 1 is 1.11 bits per heavy atom. The number of carbonyl (C=O) groups is 1. The summed E-state index contributed by atoms with van der Waals surface area (Å²) >= 11 is 0. The highest BCUT2D eigenvalue weighted by Crippen LogP contribution is 2.41. The van der Waals surface area contributed by atoms with Crippen LogP contribution >= 0.6 is 0 Å². The molecule has 7 rings (SSSR count). The van der Waals surface area contributed by atoms with Gasteiger partial charge in [-0.05, 0) is 37.5 Å². The van der Waals surface area contributed by atoms with E-state index in [0.717, 1.165) is 50.8 Å². The molecular weight excluding hydrogens is 594 g/mol. The summed E-state index contributed by atoms with van der Waals surface area (Å²) in [4.78, 5) is 32.1. The first-order chi connectivity index (χ1) is 22.4. The number of rotatable bonds is 9. The molecule has 4 aliphatic rings. The van der Waals surface area contributed by atoms with E-state index in [4.69, 9.17) is 9.57 Å². The zero-order valence-electron chi connectivity index (χ0n) is 25.7. The van der Waals surface area contributed by atoms with Gasteiger partial charge in [0.05, 0.1) is 36.8 Å². The Kier molecular flexibility index (Phi) is 8.45. The monoisotopic (exact) mass is 632 g/mol. The number of piperidine rings is 1. The van der Waals surface area contributed by atoms with E-state index >= 15 is 0 Å². The van der Waals surface area contributed by atoms with Crippen LogP contribution in [0.5, 0.6) is 5.75 Å². The van der Waals surface area contributed by atoms with Gasteiger partial charge in [-0.15, -0.1) is 0 Å². The predicted molar refractivity (Wildman–Crippen MR) is 171 cm³/mol. The normalized spacial score (nSPS) is 23.2. The number of likely N-dealkylation sites (tertiary alicyclic amines) is 1. The predicted octanol–water partition coefficient (Wildman–Crippen LogP) is 4.53. The number of hydroxylamine groups is 1. The van der Waals surface area contributed by atoms with Gasteiger partial charge >= 0.3 is 0 Å². The number of hydrogen-bond acceptors (Lipinski definition) is 10. The molecule has 3 aromatic rings. The average Bonchev–Trinajstić information content (AvgIpc) is 3.84. The molecule has 11 nitrogen and oxygen atoms in total. The number of amides is 1. The third-order valence-electron chi connectivity index (χ3n) is 9.50. The topological polar surface area (TPSA) is 107 Å². The molecule has 3 N–H and O–H groups in total. The minimum atomic E-state index is -0.642. The lowest BCUT2D eigenvalue weighted by Crippen LogP contribution is -2.52. The molecule has 4 fully saturated rings. The van der Waals surface area contributed by atoms with Gasteiger partial charge in [0.15, 0.2) is 5.82 Å². The van der Waals surface area contributed by atoms with Crippen LogP contribution in [-0.2, 0) is 9.63 Å². The van der Waals surface area contributed by atoms with Gasteiger partial charge in [0, 0.05) is 74.5 Å². The molecule has 3 atom stereocenters. The van der Waals surface area contributed by atoms with Crippen LogP contribution in [0.2, 0.25) is 0 Å². The van der Waals surface area contributed by atoms with Crippen molar-refractivity contribution in [1.29, 1.82) is 0 Å². The largest absolute Gasteiger partial charge is 0.494 e. The zero-order valence-corrected chi connectivity index (χ0v) is 25.7. The number of carbonyl (C=O) groups excluding carboxylic acids is 1. The number of piperazine rings is 1. The van der Waals surface area contributed by atoms with Gasteiger partial charge in [-0.25, -0.2) is 23.8 Å². The molecule has 0 radical (unpaired) electrons. The molecule has 2 bridgehead atoms. The van der Waals surface area contributed by atoms with E-state index in [2.05, 4.69) is 42.3 Å². The van der Waals surface area contributed by atoms with E-state index in [-0.39, 0.29) is 5.91 Å². The Morgan fingerprint density at radius 2 is 1.96 bits per heavy atom. The molecule has 1 aromatic heterocycles. The maximum Gasteiger partial charge on any atom is 0.247 e. The average molecular weight is 633 g/mol. The number of halogens is 2. The van der Waals surface area contributed by atoms with Gasteiger partial charge in [0.1, 0.15) is 29.5 Å². The van der Waals surface area contributed by atoms with Gasteiger partial charge in [-0.3, -0.25) is 14.5 Å². The number of nitrogens with zero attached hydrogens (tertiary/aromatic N) is 5. The highest BCUT2D eigenvalue weighted by atomic mass is 19.1. The third kappa shape index (κ3) is 5.97. The van der Waals surface area contributed by atoms with Gasteiger partial charge < -0.3 is 25.6 Å². The van der Waals surface area contributed by atoms with Crippen LogP contribution in [-0.4, -0.2) is 78.8 Å². The second-order valence-corrected chi connectivity index (χ2v) is 12.2. The van der Waals surface area contributed by atoms with Crippen LogP contribution in [0, 0.1) is 11.6 Å². The quantitative estimate of drug-likeness (QED) is 0.292. The molecule has 46 heavy (non-hydrogen) atoms. The van der Waals surface area contributed by atoms with E-state index < -0.39 is 17.7 Å². The molecule has 13 heteroatoms. The van der Waals surface area contributed by atoms with E-state index in [1.807, 2.05) is 12.1 Å². The standard InChI is InChI=1S/C33H38F2N8O3/c1-3-33(44)40-26-14-27(30(45-2)15-29(26)41-9-6-22(7-10-41)42-18-21-13-23(42)17-36-21)39-31-16-32(38-19-37-31)43-28(8-11-46-43)24-5-4-20(34)12-25(24)35/h3-5,12,14-16,19,21-23,28,36H,1,6-11,13,17-18H2,2H3,(H,40,44)(H,37,38,39)/t21-,23-,28-/m1/s1. The first kappa shape index (κ1) is 30.3. The minimum Gasteiger partial charge on any atom is -0.494 e. The SMILES string of the molecule is C=CC(=O)Nc1cc(Nc2cc(N3OCC[C@@H]3c3ccc(F)cc3F)ncn2)c(OC)cc1N1CCC(N2C[C@H]3C[C@@H]2CN3)CC1. The summed E-state index contributed by atoms with van der Waals surface area (Å²) in [6.07, 6.45) is 6.47. The Bertz CT molecular complexity index is 1620. The third-order valence-corrected chi connectivity index (χ3v) is 9.50. The van der Waals surface area contributed by atoms with Crippen LogP contribution in [0.25, 0.3) is 0 Å². The number of benzene rings is 2. The van der Waals surface area contributed by atoms with Crippen molar-refractivity contribution in [2.45, 2.75) is 49.9 Å². The lowest BCUT2D eigenvalue weighted by Gasteiger charge is -2.41. The summed E-state index contributed by atoms with van der Waals surface area (Å²) in [5.74, 6) is -0.190. The van der Waals surface area contributed by atoms with Gasteiger partial charge in [0.25, 0.3) is 0 Å². The number of ether oxygens (including phenoxy) is 1. The summed E-state index contributed by atoms with van der Waals surface area (Å²) in [5, 5.41) is 11.4. The number of fused-ring (bicyclic) bond motifs is 2. The van der Waals surface area contributed by atoms with E-state index in [1.54, 1.807) is 13.2 Å². The number of methoxy groups -OCH3 is 1. The van der Waals surface area contributed by atoms with Gasteiger partial charge in [-0.2, -0.15) is 0 Å². The lowest BCUT2D eigenvalue weighted by atomic mass is 10.0. The van der Waals surface area contributed by atoms with Crippen LogP contribution in [0.15, 0.2) is 55.4 Å². The minimum absolute atomic E-state index is 0.317. The number of aromatic nitrogens is 2. The van der Waals surface area contributed by atoms with Crippen molar-refractivity contribution in [2.75, 3.05) is 60.5 Å². The first-order valence-electron chi connectivity index (χ1n) is 15.8. The van der Waals surface area contributed by atoms with Crippen molar-refractivity contribution in [3.8, 4) is 5.75 Å². The maximum absolute atomic E-state index is 14.7. The fraction of sp³-hybridized carbons (Fsp3) is 0.424. The fourth-order valence-electron chi connectivity index (χ4n) is 7.28. The summed E-state index contributed by atoms with van der Waals surface area (Å²) in [7, 11) is 1.60. The zero-order chi connectivity index (χ0) is 31.8. The van der Waals surface area contributed by atoms with Crippen LogP contribution in [0.4, 0.5) is 37.5 Å². The molecule has 5 heterocycles. The van der Waals surface area contributed by atoms with Gasteiger partial charge in [-0.1, -0.05) is 12.6 Å². The van der Waals surface area contributed by atoms with Crippen molar-refractivity contribution in [3.63, 3.8) is 0 Å². The Hall–Kier alpha value is -4.33. The molecule has 4 saturated heterocycles. The summed E-state index contributed by atoms with van der Waals surface area (Å²) in [5.41, 5.74) is 2.40.